The van der Waals surface area contributed by atoms with Crippen LogP contribution in [0.3, 0.4) is 0 Å². The van der Waals surface area contributed by atoms with Gasteiger partial charge in [0.05, 0.1) is 11.1 Å². The highest BCUT2D eigenvalue weighted by molar-refractivity contribution is 6.00. The van der Waals surface area contributed by atoms with E-state index in [0.29, 0.717) is 22.6 Å². The van der Waals surface area contributed by atoms with Crippen LogP contribution in [0.15, 0.2) is 35.4 Å². The zero-order valence-electron chi connectivity index (χ0n) is 9.54. The highest BCUT2D eigenvalue weighted by Crippen LogP contribution is 2.20. The minimum Gasteiger partial charge on any atom is -0.478 e. The van der Waals surface area contributed by atoms with Crippen LogP contribution in [0.5, 0.6) is 0 Å². The predicted octanol–water partition coefficient (Wildman–Crippen LogP) is 1.01. The summed E-state index contributed by atoms with van der Waals surface area (Å²) in [6.07, 6.45) is 2.88. The molecule has 7 nitrogen and oxygen atoms in total. The number of rotatable bonds is 2. The first-order valence-corrected chi connectivity index (χ1v) is 5.42. The quantitative estimate of drug-likeness (QED) is 0.633. The van der Waals surface area contributed by atoms with Gasteiger partial charge >= 0.3 is 5.97 Å². The number of hydrogen-bond donors (Lipinski definition) is 3. The Bertz CT molecular complexity index is 834. The Morgan fingerprint density at radius 1 is 1.32 bits per heavy atom. The number of nitrogens with one attached hydrogen (secondary N) is 2. The fraction of sp³-hybridized carbons (Fsp3) is 0. The summed E-state index contributed by atoms with van der Waals surface area (Å²) >= 11 is 0. The van der Waals surface area contributed by atoms with Crippen LogP contribution < -0.4 is 5.56 Å². The molecule has 0 amide bonds. The second kappa shape index (κ2) is 4.05. The van der Waals surface area contributed by atoms with Crippen LogP contribution in [0.1, 0.15) is 10.4 Å². The van der Waals surface area contributed by atoms with E-state index >= 15 is 0 Å². The summed E-state index contributed by atoms with van der Waals surface area (Å²) in [5.74, 6) is -0.657. The molecule has 7 heteroatoms. The number of aromatic carboxylic acids is 1. The minimum absolute atomic E-state index is 0.0913. The summed E-state index contributed by atoms with van der Waals surface area (Å²) in [4.78, 5) is 35.9. The first-order valence-electron chi connectivity index (χ1n) is 5.42. The lowest BCUT2D eigenvalue weighted by Crippen LogP contribution is -2.02. The molecule has 0 fully saturated rings. The van der Waals surface area contributed by atoms with E-state index in [2.05, 4.69) is 19.9 Å². The second-order valence-corrected chi connectivity index (χ2v) is 3.89. The molecule has 3 heterocycles. The largest absolute Gasteiger partial charge is 0.478 e. The summed E-state index contributed by atoms with van der Waals surface area (Å²) < 4.78 is 0. The Morgan fingerprint density at radius 3 is 2.89 bits per heavy atom. The summed E-state index contributed by atoms with van der Waals surface area (Å²) in [7, 11) is 0. The van der Waals surface area contributed by atoms with Crippen molar-refractivity contribution in [3.8, 4) is 11.4 Å². The maximum absolute atomic E-state index is 11.2. The third-order valence-electron chi connectivity index (χ3n) is 2.67. The van der Waals surface area contributed by atoms with E-state index in [-0.39, 0.29) is 11.1 Å². The molecule has 94 valence electrons. The average Bonchev–Trinajstić information content (AvgIpc) is 2.82. The van der Waals surface area contributed by atoms with Gasteiger partial charge in [0, 0.05) is 24.0 Å². The van der Waals surface area contributed by atoms with Crippen molar-refractivity contribution in [2.45, 2.75) is 0 Å². The molecule has 0 aliphatic rings. The van der Waals surface area contributed by atoms with Crippen LogP contribution in [-0.4, -0.2) is 31.0 Å². The molecule has 3 N–H and O–H groups in total. The molecule has 0 unspecified atom stereocenters. The van der Waals surface area contributed by atoms with Gasteiger partial charge in [0.1, 0.15) is 5.82 Å². The molecule has 0 aliphatic carbocycles. The van der Waals surface area contributed by atoms with Crippen LogP contribution in [0, 0.1) is 0 Å². The molecular weight excluding hydrogens is 248 g/mol. The van der Waals surface area contributed by atoms with Crippen LogP contribution in [-0.2, 0) is 0 Å². The Labute approximate surface area is 106 Å². The number of aromatic amines is 2. The van der Waals surface area contributed by atoms with E-state index in [1.54, 1.807) is 6.07 Å². The third kappa shape index (κ3) is 1.86. The number of H-pyrrole nitrogens is 2. The first kappa shape index (κ1) is 11.1. The molecule has 19 heavy (non-hydrogen) atoms. The molecule has 0 atom stereocenters. The fourth-order valence-electron chi connectivity index (χ4n) is 1.82. The Kier molecular flexibility index (Phi) is 2.38. The predicted molar refractivity (Wildman–Crippen MR) is 66.9 cm³/mol. The molecular formula is C12H8N4O3. The zero-order valence-corrected chi connectivity index (χ0v) is 9.54. The molecule has 0 spiro atoms. The maximum Gasteiger partial charge on any atom is 0.338 e. The van der Waals surface area contributed by atoms with Gasteiger partial charge in [-0.3, -0.25) is 4.79 Å². The number of carboxylic acids is 1. The summed E-state index contributed by atoms with van der Waals surface area (Å²) in [5, 5.41) is 9.08. The van der Waals surface area contributed by atoms with Crippen LogP contribution in [0.25, 0.3) is 22.6 Å². The van der Waals surface area contributed by atoms with Crippen molar-refractivity contribution in [2.24, 2.45) is 0 Å². The highest BCUT2D eigenvalue weighted by Gasteiger charge is 2.13. The summed E-state index contributed by atoms with van der Waals surface area (Å²) in [5.41, 5.74) is 1.04. The molecule has 3 aromatic rings. The Morgan fingerprint density at radius 2 is 2.16 bits per heavy atom. The molecule has 0 aromatic carbocycles. The van der Waals surface area contributed by atoms with Crippen LogP contribution in [0.2, 0.25) is 0 Å². The van der Waals surface area contributed by atoms with E-state index in [0.717, 1.165) is 0 Å². The smallest absolute Gasteiger partial charge is 0.338 e. The van der Waals surface area contributed by atoms with Gasteiger partial charge in [0.15, 0.2) is 5.65 Å². The maximum atomic E-state index is 11.2. The van der Waals surface area contributed by atoms with Gasteiger partial charge in [-0.05, 0) is 12.1 Å². The Balaban J connectivity index is 2.25. The second-order valence-electron chi connectivity index (χ2n) is 3.89. The van der Waals surface area contributed by atoms with Gasteiger partial charge in [-0.15, -0.1) is 0 Å². The van der Waals surface area contributed by atoms with Crippen molar-refractivity contribution in [1.29, 1.82) is 0 Å². The Hall–Kier alpha value is -2.96. The van der Waals surface area contributed by atoms with E-state index in [9.17, 15) is 9.59 Å². The van der Waals surface area contributed by atoms with Gasteiger partial charge in [0.25, 0.3) is 0 Å². The van der Waals surface area contributed by atoms with Gasteiger partial charge in [-0.1, -0.05) is 0 Å². The number of imidazole rings is 1. The number of carboxylic acid groups (broad SMARTS) is 1. The van der Waals surface area contributed by atoms with Crippen molar-refractivity contribution >= 4 is 17.1 Å². The van der Waals surface area contributed by atoms with Crippen molar-refractivity contribution < 1.29 is 9.90 Å². The standard InChI is InChI=1S/C12H8N4O3/c17-8-5-6(1-3-13-8)10-15-9-7(12(18)19)2-4-14-11(9)16-10/h1-5H,(H,13,17)(H,18,19)(H,14,15,16). The van der Waals surface area contributed by atoms with Crippen LogP contribution in [0.4, 0.5) is 0 Å². The monoisotopic (exact) mass is 256 g/mol. The van der Waals surface area contributed by atoms with Crippen molar-refractivity contribution in [3.63, 3.8) is 0 Å². The number of aromatic nitrogens is 4. The van der Waals surface area contributed by atoms with E-state index < -0.39 is 5.97 Å². The highest BCUT2D eigenvalue weighted by atomic mass is 16.4. The normalized spacial score (nSPS) is 10.7. The summed E-state index contributed by atoms with van der Waals surface area (Å²) in [6.45, 7) is 0. The van der Waals surface area contributed by atoms with Crippen molar-refractivity contribution in [1.82, 2.24) is 19.9 Å². The van der Waals surface area contributed by atoms with E-state index in [1.165, 1.54) is 24.5 Å². The lowest BCUT2D eigenvalue weighted by molar-refractivity contribution is 0.0699. The van der Waals surface area contributed by atoms with Gasteiger partial charge in [-0.25, -0.2) is 14.8 Å². The van der Waals surface area contributed by atoms with E-state index in [1.807, 2.05) is 0 Å². The SMILES string of the molecule is O=C(O)c1ccnc2nc(-c3cc[nH]c(=O)c3)[nH]c12. The lowest BCUT2D eigenvalue weighted by atomic mass is 10.2. The first-order chi connectivity index (χ1) is 9.15. The molecule has 0 radical (unpaired) electrons. The molecule has 0 saturated heterocycles. The topological polar surface area (TPSA) is 112 Å². The lowest BCUT2D eigenvalue weighted by Gasteiger charge is -1.94. The van der Waals surface area contributed by atoms with E-state index in [4.69, 9.17) is 5.11 Å². The minimum atomic E-state index is -1.06. The zero-order chi connectivity index (χ0) is 13.4. The third-order valence-corrected chi connectivity index (χ3v) is 2.67. The fourth-order valence-corrected chi connectivity index (χ4v) is 1.82. The van der Waals surface area contributed by atoms with Gasteiger partial charge < -0.3 is 15.1 Å². The van der Waals surface area contributed by atoms with Gasteiger partial charge in [-0.2, -0.15) is 0 Å². The molecule has 3 rings (SSSR count). The number of fused-ring (bicyclic) bond motifs is 1. The van der Waals surface area contributed by atoms with Gasteiger partial charge in [0.2, 0.25) is 5.56 Å². The van der Waals surface area contributed by atoms with Crippen molar-refractivity contribution in [3.05, 3.63) is 46.5 Å². The number of nitrogens with zero attached hydrogens (tertiary/aromatic N) is 2. The molecule has 0 bridgehead atoms. The van der Waals surface area contributed by atoms with Crippen molar-refractivity contribution in [2.75, 3.05) is 0 Å². The molecule has 0 saturated carbocycles. The van der Waals surface area contributed by atoms with Crippen LogP contribution >= 0.6 is 0 Å². The number of hydrogen-bond acceptors (Lipinski definition) is 4. The molecule has 0 aliphatic heterocycles. The summed E-state index contributed by atoms with van der Waals surface area (Å²) in [6, 6.07) is 4.43. The number of pyridine rings is 2. The average molecular weight is 256 g/mol. The number of carbonyl (C=O) groups is 1. The molecule has 3 aromatic heterocycles.